The molecule has 0 amide bonds. The van der Waals surface area contributed by atoms with Crippen molar-refractivity contribution in [1.29, 1.82) is 0 Å². The maximum absolute atomic E-state index is 11.6. The van der Waals surface area contributed by atoms with Crippen molar-refractivity contribution in [3.8, 4) is 0 Å². The number of aromatic nitrogens is 3. The van der Waals surface area contributed by atoms with E-state index in [-0.39, 0.29) is 5.92 Å². The smallest absolute Gasteiger partial charge is 0.211 e. The highest BCUT2D eigenvalue weighted by molar-refractivity contribution is 7.88. The van der Waals surface area contributed by atoms with Crippen molar-refractivity contribution in [1.82, 2.24) is 19.1 Å². The zero-order valence-electron chi connectivity index (χ0n) is 10.6. The van der Waals surface area contributed by atoms with Gasteiger partial charge in [0.2, 0.25) is 10.0 Å². The van der Waals surface area contributed by atoms with Gasteiger partial charge in [0.05, 0.1) is 6.26 Å². The van der Waals surface area contributed by atoms with E-state index in [1.165, 1.54) is 10.6 Å². The molecule has 0 aliphatic carbocycles. The van der Waals surface area contributed by atoms with E-state index in [2.05, 4.69) is 10.2 Å². The molecule has 102 valence electrons. The van der Waals surface area contributed by atoms with Crippen LogP contribution in [-0.2, 0) is 16.6 Å². The summed E-state index contributed by atoms with van der Waals surface area (Å²) >= 11 is 5.16. The second-order valence-corrected chi connectivity index (χ2v) is 6.96. The summed E-state index contributed by atoms with van der Waals surface area (Å²) in [5.41, 5.74) is 0. The summed E-state index contributed by atoms with van der Waals surface area (Å²) in [4.78, 5) is 0. The molecule has 1 N–H and O–H groups in total. The predicted octanol–water partition coefficient (Wildman–Crippen LogP) is 1.10. The fourth-order valence-corrected chi connectivity index (χ4v) is 3.58. The molecule has 1 fully saturated rings. The number of hydrogen-bond acceptors (Lipinski definition) is 4. The molecule has 0 saturated carbocycles. The molecule has 6 nitrogen and oxygen atoms in total. The van der Waals surface area contributed by atoms with E-state index in [1.807, 2.05) is 11.5 Å². The Morgan fingerprint density at radius 1 is 1.56 bits per heavy atom. The van der Waals surface area contributed by atoms with Gasteiger partial charge in [-0.1, -0.05) is 0 Å². The number of hydrogen-bond donors (Lipinski definition) is 1. The van der Waals surface area contributed by atoms with Crippen LogP contribution in [0.25, 0.3) is 0 Å². The van der Waals surface area contributed by atoms with Crippen molar-refractivity contribution in [2.45, 2.75) is 32.2 Å². The second kappa shape index (κ2) is 5.10. The van der Waals surface area contributed by atoms with Gasteiger partial charge in [-0.3, -0.25) is 5.10 Å². The van der Waals surface area contributed by atoms with Crippen LogP contribution >= 0.6 is 12.2 Å². The predicted molar refractivity (Wildman–Crippen MR) is 71.5 cm³/mol. The number of nitrogens with one attached hydrogen (secondary N) is 1. The molecule has 0 spiro atoms. The fraction of sp³-hybridized carbons (Fsp3) is 0.800. The van der Waals surface area contributed by atoms with Crippen molar-refractivity contribution in [3.05, 3.63) is 10.6 Å². The molecule has 1 aliphatic heterocycles. The van der Waals surface area contributed by atoms with E-state index in [9.17, 15) is 8.42 Å². The number of aromatic amines is 1. The number of H-pyrrole nitrogens is 1. The highest BCUT2D eigenvalue weighted by Crippen LogP contribution is 2.26. The molecule has 2 heterocycles. The van der Waals surface area contributed by atoms with E-state index in [1.54, 1.807) is 0 Å². The summed E-state index contributed by atoms with van der Waals surface area (Å²) in [7, 11) is -3.12. The molecule has 1 saturated heterocycles. The molecule has 0 bridgehead atoms. The first-order chi connectivity index (χ1) is 8.43. The first kappa shape index (κ1) is 13.7. The first-order valence-corrected chi connectivity index (χ1v) is 8.29. The number of rotatable bonds is 3. The Kier molecular flexibility index (Phi) is 3.88. The average Bonchev–Trinajstić information content (AvgIpc) is 2.69. The van der Waals surface area contributed by atoms with Crippen molar-refractivity contribution >= 4 is 22.2 Å². The van der Waals surface area contributed by atoms with E-state index in [0.29, 0.717) is 17.9 Å². The Balaban J connectivity index is 2.26. The monoisotopic (exact) mass is 290 g/mol. The zero-order chi connectivity index (χ0) is 13.3. The number of sulfonamides is 1. The summed E-state index contributed by atoms with van der Waals surface area (Å²) in [5.74, 6) is 0.997. The minimum atomic E-state index is -3.12. The standard InChI is InChI=1S/C10H18N4O2S2/c1-3-14-9(11-12-10(14)17)8-5-4-6-13(7-8)18(2,15)16/h8H,3-7H2,1-2H3,(H,12,17)/t8-/m0/s1. The third kappa shape index (κ3) is 2.65. The van der Waals surface area contributed by atoms with Crippen molar-refractivity contribution in [3.63, 3.8) is 0 Å². The Morgan fingerprint density at radius 3 is 2.89 bits per heavy atom. The second-order valence-electron chi connectivity index (χ2n) is 4.59. The molecule has 18 heavy (non-hydrogen) atoms. The van der Waals surface area contributed by atoms with E-state index in [0.717, 1.165) is 25.2 Å². The highest BCUT2D eigenvalue weighted by Gasteiger charge is 2.29. The Bertz CT molecular complexity index is 575. The van der Waals surface area contributed by atoms with Crippen LogP contribution in [0.1, 0.15) is 31.5 Å². The summed E-state index contributed by atoms with van der Waals surface area (Å²) in [6.45, 7) is 3.86. The van der Waals surface area contributed by atoms with Crippen LogP contribution in [0, 0.1) is 4.77 Å². The highest BCUT2D eigenvalue weighted by atomic mass is 32.2. The molecule has 1 aromatic heterocycles. The third-order valence-corrected chi connectivity index (χ3v) is 4.90. The van der Waals surface area contributed by atoms with Gasteiger partial charge in [-0.15, -0.1) is 0 Å². The van der Waals surface area contributed by atoms with Crippen LogP contribution in [0.15, 0.2) is 0 Å². The number of nitrogens with zero attached hydrogens (tertiary/aromatic N) is 3. The molecular formula is C10H18N4O2S2. The Hall–Kier alpha value is -0.730. The fourth-order valence-electron chi connectivity index (χ4n) is 2.40. The van der Waals surface area contributed by atoms with Gasteiger partial charge >= 0.3 is 0 Å². The Morgan fingerprint density at radius 2 is 2.28 bits per heavy atom. The third-order valence-electron chi connectivity index (χ3n) is 3.32. The molecule has 8 heteroatoms. The van der Waals surface area contributed by atoms with Gasteiger partial charge in [0.25, 0.3) is 0 Å². The minimum absolute atomic E-state index is 0.126. The number of piperidine rings is 1. The maximum atomic E-state index is 11.6. The van der Waals surface area contributed by atoms with Gasteiger partial charge in [-0.05, 0) is 32.0 Å². The summed E-state index contributed by atoms with van der Waals surface area (Å²) in [5, 5.41) is 7.04. The van der Waals surface area contributed by atoms with E-state index < -0.39 is 10.0 Å². The topological polar surface area (TPSA) is 71.0 Å². The lowest BCUT2D eigenvalue weighted by atomic mass is 9.99. The summed E-state index contributed by atoms with van der Waals surface area (Å²) < 4.78 is 27.3. The minimum Gasteiger partial charge on any atom is -0.304 e. The van der Waals surface area contributed by atoms with E-state index >= 15 is 0 Å². The molecule has 2 rings (SSSR count). The SMILES string of the molecule is CCn1c([C@H]2CCCN(S(C)(=O)=O)C2)n[nH]c1=S. The van der Waals surface area contributed by atoms with Crippen LogP contribution in [0.3, 0.4) is 0 Å². The lowest BCUT2D eigenvalue weighted by molar-refractivity contribution is 0.306. The molecule has 0 unspecified atom stereocenters. The molecular weight excluding hydrogens is 272 g/mol. The Labute approximate surface area is 112 Å². The normalized spacial score (nSPS) is 22.2. The van der Waals surface area contributed by atoms with Crippen LogP contribution in [0.2, 0.25) is 0 Å². The quantitative estimate of drug-likeness (QED) is 0.846. The van der Waals surface area contributed by atoms with Crippen molar-refractivity contribution in [2.24, 2.45) is 0 Å². The zero-order valence-corrected chi connectivity index (χ0v) is 12.2. The van der Waals surface area contributed by atoms with Crippen LogP contribution in [0.5, 0.6) is 0 Å². The summed E-state index contributed by atoms with van der Waals surface area (Å²) in [6.07, 6.45) is 3.07. The van der Waals surface area contributed by atoms with Gasteiger partial charge in [0, 0.05) is 25.6 Å². The molecule has 1 aliphatic rings. The molecule has 0 aromatic carbocycles. The lowest BCUT2D eigenvalue weighted by Gasteiger charge is -2.30. The maximum Gasteiger partial charge on any atom is 0.211 e. The molecule has 1 atom stereocenters. The van der Waals surface area contributed by atoms with Crippen LogP contribution < -0.4 is 0 Å². The summed E-state index contributed by atoms with van der Waals surface area (Å²) in [6, 6.07) is 0. The molecule has 1 aromatic rings. The van der Waals surface area contributed by atoms with Crippen LogP contribution in [0.4, 0.5) is 0 Å². The van der Waals surface area contributed by atoms with Gasteiger partial charge in [0.1, 0.15) is 5.82 Å². The van der Waals surface area contributed by atoms with Gasteiger partial charge in [-0.2, -0.15) is 5.10 Å². The van der Waals surface area contributed by atoms with Crippen molar-refractivity contribution in [2.75, 3.05) is 19.3 Å². The largest absolute Gasteiger partial charge is 0.304 e. The van der Waals surface area contributed by atoms with Gasteiger partial charge in [-0.25, -0.2) is 12.7 Å². The van der Waals surface area contributed by atoms with Crippen molar-refractivity contribution < 1.29 is 8.42 Å². The lowest BCUT2D eigenvalue weighted by Crippen LogP contribution is -2.39. The molecule has 0 radical (unpaired) electrons. The van der Waals surface area contributed by atoms with Gasteiger partial charge in [0.15, 0.2) is 4.77 Å². The van der Waals surface area contributed by atoms with E-state index in [4.69, 9.17) is 12.2 Å². The van der Waals surface area contributed by atoms with Crippen LogP contribution in [-0.4, -0.2) is 46.8 Å². The van der Waals surface area contributed by atoms with Gasteiger partial charge < -0.3 is 4.57 Å². The first-order valence-electron chi connectivity index (χ1n) is 6.03. The average molecular weight is 290 g/mol.